The van der Waals surface area contributed by atoms with Gasteiger partial charge in [-0.1, -0.05) is 42.6 Å². The van der Waals surface area contributed by atoms with Gasteiger partial charge >= 0.3 is 6.01 Å². The molecule has 0 spiro atoms. The van der Waals surface area contributed by atoms with E-state index in [4.69, 9.17) is 9.15 Å². The lowest BCUT2D eigenvalue weighted by Gasteiger charge is -2.21. The molecule has 7 heteroatoms. The molecule has 0 saturated heterocycles. The first-order valence-corrected chi connectivity index (χ1v) is 9.88. The molecule has 1 aromatic heterocycles. The van der Waals surface area contributed by atoms with E-state index >= 15 is 0 Å². The normalized spacial score (nSPS) is 14.4. The van der Waals surface area contributed by atoms with Crippen LogP contribution in [0, 0.1) is 0 Å². The van der Waals surface area contributed by atoms with E-state index < -0.39 is 0 Å². The van der Waals surface area contributed by atoms with E-state index in [9.17, 15) is 4.79 Å². The maximum absolute atomic E-state index is 12.4. The highest BCUT2D eigenvalue weighted by Crippen LogP contribution is 2.33. The molecule has 1 aliphatic carbocycles. The molecule has 150 valence electrons. The molecule has 1 fully saturated rings. The van der Waals surface area contributed by atoms with E-state index in [1.165, 1.54) is 19.3 Å². The summed E-state index contributed by atoms with van der Waals surface area (Å²) in [6, 6.07) is 15.2. The van der Waals surface area contributed by atoms with Gasteiger partial charge in [0.15, 0.2) is 0 Å². The lowest BCUT2D eigenvalue weighted by molar-refractivity contribution is 0.102. The molecule has 0 atom stereocenters. The average molecular weight is 392 g/mol. The molecule has 0 unspecified atom stereocenters. The number of benzene rings is 2. The second-order valence-corrected chi connectivity index (χ2v) is 7.13. The average Bonchev–Trinajstić information content (AvgIpc) is 3.23. The molecule has 4 rings (SSSR count). The summed E-state index contributed by atoms with van der Waals surface area (Å²) in [5.74, 6) is 0.738. The Morgan fingerprint density at radius 1 is 1.07 bits per heavy atom. The Hall–Kier alpha value is -3.35. The summed E-state index contributed by atoms with van der Waals surface area (Å²) < 4.78 is 11.3. The van der Waals surface area contributed by atoms with Gasteiger partial charge in [0.2, 0.25) is 0 Å². The Balaban J connectivity index is 1.49. The number of ether oxygens (including phenoxy) is 1. The molecular formula is C22H24N4O3. The summed E-state index contributed by atoms with van der Waals surface area (Å²) >= 11 is 0. The third-order valence-corrected chi connectivity index (χ3v) is 5.08. The van der Waals surface area contributed by atoms with Gasteiger partial charge in [-0.3, -0.25) is 4.79 Å². The van der Waals surface area contributed by atoms with Crippen LogP contribution in [0.5, 0.6) is 5.75 Å². The fourth-order valence-corrected chi connectivity index (χ4v) is 3.55. The maximum atomic E-state index is 12.4. The zero-order valence-electron chi connectivity index (χ0n) is 16.4. The minimum atomic E-state index is -0.183. The third kappa shape index (κ3) is 4.56. The number of nitrogens with one attached hydrogen (secondary N) is 2. The Bertz CT molecular complexity index is 965. The van der Waals surface area contributed by atoms with Crippen molar-refractivity contribution in [3.05, 3.63) is 54.1 Å². The molecular weight excluding hydrogens is 368 g/mol. The zero-order chi connectivity index (χ0) is 20.1. The number of hydrogen-bond acceptors (Lipinski definition) is 6. The van der Waals surface area contributed by atoms with Gasteiger partial charge in [-0.15, -0.1) is 5.10 Å². The van der Waals surface area contributed by atoms with E-state index in [2.05, 4.69) is 20.8 Å². The Kier molecular flexibility index (Phi) is 5.74. The van der Waals surface area contributed by atoms with Crippen LogP contribution in [0.15, 0.2) is 52.9 Å². The van der Waals surface area contributed by atoms with Crippen LogP contribution in [0.3, 0.4) is 0 Å². The maximum Gasteiger partial charge on any atom is 0.315 e. The van der Waals surface area contributed by atoms with E-state index in [1.807, 2.05) is 18.2 Å². The van der Waals surface area contributed by atoms with Crippen LogP contribution in [-0.2, 0) is 0 Å². The van der Waals surface area contributed by atoms with E-state index in [1.54, 1.807) is 37.4 Å². The van der Waals surface area contributed by atoms with Crippen LogP contribution in [-0.4, -0.2) is 29.3 Å². The predicted octanol–water partition coefficient (Wildman–Crippen LogP) is 4.74. The number of nitrogens with zero attached hydrogens (tertiary/aromatic N) is 2. The standard InChI is InChI=1S/C22H24N4O3/c1-28-19-14-17(23-20(27)15-8-4-2-5-9-15)12-13-18(19)21-25-26-22(29-21)24-16-10-6-3-7-11-16/h2,4-5,8-9,12-14,16H,3,6-7,10-11H2,1H3,(H,23,27)(H,24,26). The van der Waals surface area contributed by atoms with Crippen LogP contribution < -0.4 is 15.4 Å². The highest BCUT2D eigenvalue weighted by Gasteiger charge is 2.18. The van der Waals surface area contributed by atoms with Crippen LogP contribution in [0.2, 0.25) is 0 Å². The Morgan fingerprint density at radius 2 is 1.86 bits per heavy atom. The van der Waals surface area contributed by atoms with Crippen molar-refractivity contribution in [2.45, 2.75) is 38.1 Å². The molecule has 0 bridgehead atoms. The van der Waals surface area contributed by atoms with Crippen molar-refractivity contribution >= 4 is 17.6 Å². The van der Waals surface area contributed by atoms with Gasteiger partial charge < -0.3 is 19.8 Å². The molecule has 0 aliphatic heterocycles. The summed E-state index contributed by atoms with van der Waals surface area (Å²) in [6.07, 6.45) is 5.98. The molecule has 1 heterocycles. The number of carbonyl (C=O) groups is 1. The lowest BCUT2D eigenvalue weighted by atomic mass is 9.96. The lowest BCUT2D eigenvalue weighted by Crippen LogP contribution is -2.22. The van der Waals surface area contributed by atoms with Crippen LogP contribution in [0.4, 0.5) is 11.7 Å². The largest absolute Gasteiger partial charge is 0.496 e. The Labute approximate surface area is 169 Å². The van der Waals surface area contributed by atoms with E-state index in [-0.39, 0.29) is 5.91 Å². The summed E-state index contributed by atoms with van der Waals surface area (Å²) in [7, 11) is 1.57. The molecule has 29 heavy (non-hydrogen) atoms. The fourth-order valence-electron chi connectivity index (χ4n) is 3.55. The summed E-state index contributed by atoms with van der Waals surface area (Å²) in [5, 5.41) is 14.5. The SMILES string of the molecule is COc1cc(NC(=O)c2ccccc2)ccc1-c1nnc(NC2CCCCC2)o1. The second-order valence-electron chi connectivity index (χ2n) is 7.13. The summed E-state index contributed by atoms with van der Waals surface area (Å²) in [6.45, 7) is 0. The molecule has 2 N–H and O–H groups in total. The zero-order valence-corrected chi connectivity index (χ0v) is 16.4. The van der Waals surface area contributed by atoms with Crippen molar-refractivity contribution in [3.8, 4) is 17.2 Å². The van der Waals surface area contributed by atoms with E-state index in [0.29, 0.717) is 40.5 Å². The minimum Gasteiger partial charge on any atom is -0.496 e. The molecule has 1 aliphatic rings. The summed E-state index contributed by atoms with van der Waals surface area (Å²) in [4.78, 5) is 12.4. The highest BCUT2D eigenvalue weighted by atomic mass is 16.5. The van der Waals surface area contributed by atoms with Crippen LogP contribution in [0.1, 0.15) is 42.5 Å². The molecule has 2 aromatic carbocycles. The molecule has 3 aromatic rings. The smallest absolute Gasteiger partial charge is 0.315 e. The van der Waals surface area contributed by atoms with Gasteiger partial charge in [0.05, 0.1) is 12.7 Å². The number of rotatable bonds is 6. The minimum absolute atomic E-state index is 0.183. The molecule has 1 saturated carbocycles. The monoisotopic (exact) mass is 392 g/mol. The first-order valence-electron chi connectivity index (χ1n) is 9.88. The predicted molar refractivity (Wildman–Crippen MR) is 111 cm³/mol. The van der Waals surface area contributed by atoms with Gasteiger partial charge in [0.1, 0.15) is 5.75 Å². The van der Waals surface area contributed by atoms with Crippen molar-refractivity contribution in [2.24, 2.45) is 0 Å². The van der Waals surface area contributed by atoms with Gasteiger partial charge in [-0.25, -0.2) is 0 Å². The van der Waals surface area contributed by atoms with Crippen molar-refractivity contribution in [2.75, 3.05) is 17.7 Å². The Morgan fingerprint density at radius 3 is 2.62 bits per heavy atom. The number of hydrogen-bond donors (Lipinski definition) is 2. The number of amides is 1. The van der Waals surface area contributed by atoms with Gasteiger partial charge in [-0.05, 0) is 37.1 Å². The quantitative estimate of drug-likeness (QED) is 0.630. The third-order valence-electron chi connectivity index (χ3n) is 5.08. The summed E-state index contributed by atoms with van der Waals surface area (Å²) in [5.41, 5.74) is 1.89. The number of aromatic nitrogens is 2. The van der Waals surface area contributed by atoms with Crippen molar-refractivity contribution in [1.82, 2.24) is 10.2 Å². The van der Waals surface area contributed by atoms with Gasteiger partial charge in [0, 0.05) is 23.4 Å². The van der Waals surface area contributed by atoms with Gasteiger partial charge in [0.25, 0.3) is 11.8 Å². The van der Waals surface area contributed by atoms with Gasteiger partial charge in [-0.2, -0.15) is 0 Å². The molecule has 7 nitrogen and oxygen atoms in total. The van der Waals surface area contributed by atoms with Crippen molar-refractivity contribution in [3.63, 3.8) is 0 Å². The topological polar surface area (TPSA) is 89.3 Å². The number of anilines is 2. The van der Waals surface area contributed by atoms with Crippen LogP contribution >= 0.6 is 0 Å². The fraction of sp³-hybridized carbons (Fsp3) is 0.318. The number of carbonyl (C=O) groups excluding carboxylic acids is 1. The van der Waals surface area contributed by atoms with Crippen molar-refractivity contribution < 1.29 is 13.9 Å². The second kappa shape index (κ2) is 8.77. The molecule has 0 radical (unpaired) electrons. The number of methoxy groups -OCH3 is 1. The van der Waals surface area contributed by atoms with Crippen molar-refractivity contribution in [1.29, 1.82) is 0 Å². The molecule has 1 amide bonds. The first kappa shape index (κ1) is 19.0. The highest BCUT2D eigenvalue weighted by molar-refractivity contribution is 6.04. The first-order chi connectivity index (χ1) is 14.2. The van der Waals surface area contributed by atoms with Crippen LogP contribution in [0.25, 0.3) is 11.5 Å². The van der Waals surface area contributed by atoms with E-state index in [0.717, 1.165) is 12.8 Å².